The predicted octanol–water partition coefficient (Wildman–Crippen LogP) is 2.34. The fraction of sp³-hybridized carbons (Fsp3) is 0.833. The number of amides is 2. The number of carbonyl (C=O) groups is 2. The van der Waals surface area contributed by atoms with Crippen LogP contribution >= 0.6 is 0 Å². The second kappa shape index (κ2) is 5.80. The zero-order valence-corrected chi connectivity index (χ0v) is 11.7. The molecule has 2 atom stereocenters. The molecule has 3 N–H and O–H groups in total. The van der Waals surface area contributed by atoms with Crippen molar-refractivity contribution in [3.05, 3.63) is 0 Å². The fourth-order valence-corrected chi connectivity index (χ4v) is 2.13. The van der Waals surface area contributed by atoms with Crippen LogP contribution in [0.1, 0.15) is 40.0 Å². The molecule has 1 aliphatic carbocycles. The van der Waals surface area contributed by atoms with Gasteiger partial charge in [-0.05, 0) is 33.6 Å². The van der Waals surface area contributed by atoms with Gasteiger partial charge >= 0.3 is 12.2 Å². The number of ether oxygens (including phenoxy) is 1. The number of halogens is 2. The van der Waals surface area contributed by atoms with Gasteiger partial charge in [0.2, 0.25) is 0 Å². The predicted molar refractivity (Wildman–Crippen MR) is 66.9 cm³/mol. The van der Waals surface area contributed by atoms with E-state index in [0.29, 0.717) is 0 Å². The SMILES string of the molecule is CC(C)(C)OC(=O)N[C@@H]1CCCC(F)(F)[C@@H]1NC(=O)O. The van der Waals surface area contributed by atoms with Crippen LogP contribution in [0.15, 0.2) is 0 Å². The first-order valence-electron chi connectivity index (χ1n) is 6.38. The lowest BCUT2D eigenvalue weighted by Crippen LogP contribution is -2.62. The molecule has 2 amide bonds. The highest BCUT2D eigenvalue weighted by atomic mass is 19.3. The van der Waals surface area contributed by atoms with Crippen molar-refractivity contribution >= 4 is 12.2 Å². The molecule has 116 valence electrons. The maximum atomic E-state index is 13.7. The highest BCUT2D eigenvalue weighted by molar-refractivity contribution is 5.69. The van der Waals surface area contributed by atoms with Gasteiger partial charge in [0.05, 0.1) is 6.04 Å². The van der Waals surface area contributed by atoms with E-state index < -0.39 is 42.2 Å². The Morgan fingerprint density at radius 3 is 2.40 bits per heavy atom. The van der Waals surface area contributed by atoms with E-state index in [1.807, 2.05) is 0 Å². The van der Waals surface area contributed by atoms with E-state index in [1.54, 1.807) is 26.1 Å². The number of alkyl halides is 2. The number of nitrogens with one attached hydrogen (secondary N) is 2. The van der Waals surface area contributed by atoms with Gasteiger partial charge in [0.25, 0.3) is 5.92 Å². The van der Waals surface area contributed by atoms with E-state index in [2.05, 4.69) is 5.32 Å². The van der Waals surface area contributed by atoms with E-state index >= 15 is 0 Å². The third-order valence-electron chi connectivity index (χ3n) is 2.86. The molecule has 0 radical (unpaired) electrons. The highest BCUT2D eigenvalue weighted by Crippen LogP contribution is 2.33. The Kier molecular flexibility index (Phi) is 4.77. The molecular formula is C12H20F2N2O4. The molecule has 0 aromatic carbocycles. The van der Waals surface area contributed by atoms with Gasteiger partial charge in [-0.2, -0.15) is 0 Å². The van der Waals surface area contributed by atoms with Crippen molar-refractivity contribution < 1.29 is 28.2 Å². The van der Waals surface area contributed by atoms with Crippen molar-refractivity contribution in [3.8, 4) is 0 Å². The molecule has 0 spiro atoms. The van der Waals surface area contributed by atoms with Crippen LogP contribution in [0.4, 0.5) is 18.4 Å². The number of alkyl carbamates (subject to hydrolysis) is 1. The Bertz CT molecular complexity index is 382. The summed E-state index contributed by atoms with van der Waals surface area (Å²) in [6.07, 6.45) is -2.33. The van der Waals surface area contributed by atoms with Gasteiger partial charge in [-0.3, -0.25) is 0 Å². The fourth-order valence-electron chi connectivity index (χ4n) is 2.13. The van der Waals surface area contributed by atoms with Crippen LogP contribution < -0.4 is 10.6 Å². The molecule has 1 rings (SSSR count). The molecule has 1 saturated carbocycles. The highest BCUT2D eigenvalue weighted by Gasteiger charge is 2.48. The Hall–Kier alpha value is -1.60. The summed E-state index contributed by atoms with van der Waals surface area (Å²) in [5.41, 5.74) is -0.753. The number of hydrogen-bond donors (Lipinski definition) is 3. The van der Waals surface area contributed by atoms with Crippen molar-refractivity contribution in [2.24, 2.45) is 0 Å². The van der Waals surface area contributed by atoms with Gasteiger partial charge in [0, 0.05) is 6.42 Å². The van der Waals surface area contributed by atoms with Gasteiger partial charge in [0.15, 0.2) is 0 Å². The number of carboxylic acid groups (broad SMARTS) is 1. The smallest absolute Gasteiger partial charge is 0.407 e. The van der Waals surface area contributed by atoms with Crippen molar-refractivity contribution in [3.63, 3.8) is 0 Å². The molecule has 0 bridgehead atoms. The minimum absolute atomic E-state index is 0.200. The summed E-state index contributed by atoms with van der Waals surface area (Å²) >= 11 is 0. The standard InChI is InChI=1S/C12H20F2N2O4/c1-11(2,3)20-10(19)15-7-5-4-6-12(13,14)8(7)16-9(17)18/h7-8,16H,4-6H2,1-3H3,(H,15,19)(H,17,18)/t7-,8-/m1/s1. The summed E-state index contributed by atoms with van der Waals surface area (Å²) in [5, 5.41) is 12.8. The summed E-state index contributed by atoms with van der Waals surface area (Å²) in [7, 11) is 0. The molecule has 0 unspecified atom stereocenters. The third-order valence-corrected chi connectivity index (χ3v) is 2.86. The molecule has 8 heteroatoms. The summed E-state index contributed by atoms with van der Waals surface area (Å²) in [4.78, 5) is 22.2. The van der Waals surface area contributed by atoms with Crippen molar-refractivity contribution in [2.75, 3.05) is 0 Å². The Morgan fingerprint density at radius 2 is 1.90 bits per heavy atom. The minimum atomic E-state index is -3.20. The number of rotatable bonds is 2. The van der Waals surface area contributed by atoms with Gasteiger partial charge in [0.1, 0.15) is 11.6 Å². The van der Waals surface area contributed by atoms with Crippen LogP contribution in [-0.4, -0.2) is 40.9 Å². The Balaban J connectivity index is 2.74. The second-order valence-electron chi connectivity index (χ2n) is 5.83. The molecule has 6 nitrogen and oxygen atoms in total. The zero-order valence-electron chi connectivity index (χ0n) is 11.7. The first-order valence-corrected chi connectivity index (χ1v) is 6.38. The van der Waals surface area contributed by atoms with E-state index in [-0.39, 0.29) is 12.8 Å². The maximum Gasteiger partial charge on any atom is 0.407 e. The summed E-state index contributed by atoms with van der Waals surface area (Å²) in [6.45, 7) is 4.94. The van der Waals surface area contributed by atoms with Crippen LogP contribution in [-0.2, 0) is 4.74 Å². The lowest BCUT2D eigenvalue weighted by atomic mass is 9.87. The van der Waals surface area contributed by atoms with Crippen LogP contribution in [0, 0.1) is 0 Å². The third kappa shape index (κ3) is 4.82. The lowest BCUT2D eigenvalue weighted by Gasteiger charge is -2.38. The van der Waals surface area contributed by atoms with Crippen molar-refractivity contribution in [1.82, 2.24) is 10.6 Å². The largest absolute Gasteiger partial charge is 0.465 e. The molecule has 0 aromatic rings. The van der Waals surface area contributed by atoms with E-state index in [1.165, 1.54) is 0 Å². The van der Waals surface area contributed by atoms with Crippen molar-refractivity contribution in [2.45, 2.75) is 63.6 Å². The quantitative estimate of drug-likeness (QED) is 0.729. The average molecular weight is 294 g/mol. The Labute approximate surface area is 115 Å². The molecule has 20 heavy (non-hydrogen) atoms. The molecule has 1 fully saturated rings. The van der Waals surface area contributed by atoms with Crippen LogP contribution in [0.5, 0.6) is 0 Å². The van der Waals surface area contributed by atoms with Gasteiger partial charge in [-0.1, -0.05) is 0 Å². The topological polar surface area (TPSA) is 87.7 Å². The van der Waals surface area contributed by atoms with Gasteiger partial charge in [-0.25, -0.2) is 18.4 Å². The molecular weight excluding hydrogens is 274 g/mol. The van der Waals surface area contributed by atoms with Crippen molar-refractivity contribution in [1.29, 1.82) is 0 Å². The molecule has 0 heterocycles. The minimum Gasteiger partial charge on any atom is -0.465 e. The average Bonchev–Trinajstić information content (AvgIpc) is 2.19. The van der Waals surface area contributed by atoms with E-state index in [9.17, 15) is 18.4 Å². The van der Waals surface area contributed by atoms with Crippen LogP contribution in [0.2, 0.25) is 0 Å². The molecule has 0 saturated heterocycles. The normalized spacial score (nSPS) is 25.6. The number of hydrogen-bond acceptors (Lipinski definition) is 3. The number of carbonyl (C=O) groups excluding carboxylic acids is 1. The molecule has 0 aliphatic heterocycles. The van der Waals surface area contributed by atoms with E-state index in [4.69, 9.17) is 9.84 Å². The Morgan fingerprint density at radius 1 is 1.30 bits per heavy atom. The zero-order chi connectivity index (χ0) is 15.6. The van der Waals surface area contributed by atoms with Crippen LogP contribution in [0.25, 0.3) is 0 Å². The van der Waals surface area contributed by atoms with Crippen LogP contribution in [0.3, 0.4) is 0 Å². The monoisotopic (exact) mass is 294 g/mol. The summed E-state index contributed by atoms with van der Waals surface area (Å²) in [5.74, 6) is -3.20. The van der Waals surface area contributed by atoms with E-state index in [0.717, 1.165) is 0 Å². The maximum absolute atomic E-state index is 13.7. The summed E-state index contributed by atoms with van der Waals surface area (Å²) < 4.78 is 32.5. The lowest BCUT2D eigenvalue weighted by molar-refractivity contribution is -0.0729. The van der Waals surface area contributed by atoms with Gasteiger partial charge < -0.3 is 20.5 Å². The second-order valence-corrected chi connectivity index (χ2v) is 5.83. The van der Waals surface area contributed by atoms with Gasteiger partial charge in [-0.15, -0.1) is 0 Å². The molecule has 0 aromatic heterocycles. The first kappa shape index (κ1) is 16.5. The molecule has 1 aliphatic rings. The first-order chi connectivity index (χ1) is 9.01. The summed E-state index contributed by atoms with van der Waals surface area (Å²) in [6, 6.07) is -2.65.